The van der Waals surface area contributed by atoms with Crippen LogP contribution in [-0.2, 0) is 0 Å². The van der Waals surface area contributed by atoms with Crippen molar-refractivity contribution < 1.29 is 9.90 Å². The van der Waals surface area contributed by atoms with Crippen molar-refractivity contribution in [3.63, 3.8) is 0 Å². The predicted molar refractivity (Wildman–Crippen MR) is 55.8 cm³/mol. The van der Waals surface area contributed by atoms with E-state index in [0.29, 0.717) is 10.1 Å². The summed E-state index contributed by atoms with van der Waals surface area (Å²) in [5.74, 6) is -0.670. The van der Waals surface area contributed by atoms with E-state index in [9.17, 15) is 4.79 Å². The van der Waals surface area contributed by atoms with Crippen molar-refractivity contribution in [3.8, 4) is 10.1 Å². The first-order valence-electron chi connectivity index (χ1n) is 4.09. The number of rotatable bonds is 2. The molecule has 0 saturated carbocycles. The molecule has 0 aliphatic rings. The van der Waals surface area contributed by atoms with Crippen molar-refractivity contribution in [2.75, 3.05) is 5.73 Å². The molecule has 0 amide bonds. The molecule has 0 fully saturated rings. The average Bonchev–Trinajstić information content (AvgIpc) is 2.66. The van der Waals surface area contributed by atoms with Crippen LogP contribution in [0.3, 0.4) is 0 Å². The van der Waals surface area contributed by atoms with Crippen molar-refractivity contribution in [1.82, 2.24) is 9.97 Å². The zero-order chi connectivity index (χ0) is 10.8. The number of nitrogens with zero attached hydrogens (tertiary/aromatic N) is 2. The van der Waals surface area contributed by atoms with Gasteiger partial charge in [0.1, 0.15) is 0 Å². The fourth-order valence-electron chi connectivity index (χ4n) is 1.10. The monoisotopic (exact) mass is 269 g/mol. The van der Waals surface area contributed by atoms with Gasteiger partial charge in [0.2, 0.25) is 0 Å². The zero-order valence-electron chi connectivity index (χ0n) is 7.54. The maximum atomic E-state index is 10.7. The summed E-state index contributed by atoms with van der Waals surface area (Å²) in [7, 11) is 0. The van der Waals surface area contributed by atoms with Gasteiger partial charge in [0.15, 0.2) is 0 Å². The third-order valence-electron chi connectivity index (χ3n) is 1.74. The van der Waals surface area contributed by atoms with E-state index in [1.54, 1.807) is 24.4 Å². The molecule has 76 valence electrons. The van der Waals surface area contributed by atoms with Crippen LogP contribution in [-0.4, -0.2) is 35.5 Å². The molecular weight excluding hydrogens is 261 g/mol. The predicted octanol–water partition coefficient (Wildman–Crippen LogP) is 0.481. The molecule has 6 heteroatoms. The first-order chi connectivity index (χ1) is 7.16. The van der Waals surface area contributed by atoms with Gasteiger partial charge in [-0.3, -0.25) is 0 Å². The minimum absolute atomic E-state index is 0.202. The molecule has 3 N–H and O–H groups in total. The molecular formula is C9H7N3O2Se. The SMILES string of the molecule is Nc1nccc(-c2ccc(C(=O)O)[se]2)n1. The number of aromatic nitrogens is 2. The Morgan fingerprint density at radius 3 is 2.80 bits per heavy atom. The van der Waals surface area contributed by atoms with E-state index in [0.717, 1.165) is 4.44 Å². The minimum atomic E-state index is -0.872. The van der Waals surface area contributed by atoms with Crippen LogP contribution in [0.2, 0.25) is 0 Å². The number of hydrogen-bond donors (Lipinski definition) is 2. The number of aromatic carboxylic acids is 1. The van der Waals surface area contributed by atoms with E-state index < -0.39 is 5.97 Å². The molecule has 0 aliphatic heterocycles. The molecule has 15 heavy (non-hydrogen) atoms. The van der Waals surface area contributed by atoms with Crippen LogP contribution >= 0.6 is 0 Å². The topological polar surface area (TPSA) is 89.1 Å². The molecule has 0 radical (unpaired) electrons. The van der Waals surface area contributed by atoms with Crippen LogP contribution < -0.4 is 5.73 Å². The van der Waals surface area contributed by atoms with Gasteiger partial charge in [0.05, 0.1) is 0 Å². The Labute approximate surface area is 91.3 Å². The summed E-state index contributed by atoms with van der Waals surface area (Å²) < 4.78 is 1.34. The number of hydrogen-bond acceptors (Lipinski definition) is 4. The van der Waals surface area contributed by atoms with Crippen LogP contribution in [0, 0.1) is 0 Å². The first kappa shape index (κ1) is 9.89. The van der Waals surface area contributed by atoms with E-state index in [1.165, 1.54) is 0 Å². The molecule has 0 aromatic carbocycles. The standard InChI is InChI=1S/C9H7N3O2Se/c10-9-11-4-3-5(12-9)6-1-2-7(15-6)8(13)14/h1-4H,(H,13,14)(H2,10,11,12). The van der Waals surface area contributed by atoms with Crippen molar-refractivity contribution in [2.24, 2.45) is 0 Å². The molecule has 0 unspecified atom stereocenters. The second kappa shape index (κ2) is 3.84. The number of anilines is 1. The number of carbonyl (C=O) groups is 1. The van der Waals surface area contributed by atoms with E-state index in [2.05, 4.69) is 9.97 Å². The van der Waals surface area contributed by atoms with Gasteiger partial charge in [0, 0.05) is 0 Å². The van der Waals surface area contributed by atoms with Crippen molar-refractivity contribution in [3.05, 3.63) is 28.8 Å². The van der Waals surface area contributed by atoms with Gasteiger partial charge in [-0.05, 0) is 0 Å². The average molecular weight is 268 g/mol. The second-order valence-electron chi connectivity index (χ2n) is 2.77. The van der Waals surface area contributed by atoms with Crippen LogP contribution in [0.5, 0.6) is 0 Å². The number of carboxylic acids is 1. The number of nitrogen functional groups attached to an aromatic ring is 1. The van der Waals surface area contributed by atoms with Crippen molar-refractivity contribution in [2.45, 2.75) is 0 Å². The molecule has 2 aromatic rings. The van der Waals surface area contributed by atoms with E-state index in [4.69, 9.17) is 10.8 Å². The first-order valence-corrected chi connectivity index (χ1v) is 5.80. The fraction of sp³-hybridized carbons (Fsp3) is 0. The van der Waals surface area contributed by atoms with Gasteiger partial charge in [-0.1, -0.05) is 0 Å². The van der Waals surface area contributed by atoms with Gasteiger partial charge in [-0.25, -0.2) is 0 Å². The van der Waals surface area contributed by atoms with Gasteiger partial charge < -0.3 is 0 Å². The van der Waals surface area contributed by atoms with Crippen molar-refractivity contribution >= 4 is 26.4 Å². The third kappa shape index (κ3) is 2.06. The summed E-state index contributed by atoms with van der Waals surface area (Å²) in [6.07, 6.45) is 1.56. The molecule has 0 aliphatic carbocycles. The Balaban J connectivity index is 2.41. The normalized spacial score (nSPS) is 10.1. The van der Waals surface area contributed by atoms with Crippen LogP contribution in [0.15, 0.2) is 24.4 Å². The second-order valence-corrected chi connectivity index (χ2v) is 5.04. The summed E-state index contributed by atoms with van der Waals surface area (Å²) in [5.41, 5.74) is 6.15. The molecule has 2 rings (SSSR count). The van der Waals surface area contributed by atoms with Gasteiger partial charge >= 0.3 is 91.0 Å². The Kier molecular flexibility index (Phi) is 2.53. The molecule has 2 aromatic heterocycles. The molecule has 0 bridgehead atoms. The molecule has 0 saturated heterocycles. The Hall–Kier alpha value is -1.65. The summed E-state index contributed by atoms with van der Waals surface area (Å²) in [4.78, 5) is 18.5. The van der Waals surface area contributed by atoms with E-state index >= 15 is 0 Å². The van der Waals surface area contributed by atoms with Gasteiger partial charge in [-0.15, -0.1) is 0 Å². The van der Waals surface area contributed by atoms with E-state index in [1.807, 2.05) is 0 Å². The van der Waals surface area contributed by atoms with Crippen LogP contribution in [0.1, 0.15) is 9.23 Å². The van der Waals surface area contributed by atoms with E-state index in [-0.39, 0.29) is 20.5 Å². The Morgan fingerprint density at radius 2 is 2.20 bits per heavy atom. The van der Waals surface area contributed by atoms with Gasteiger partial charge in [0.25, 0.3) is 0 Å². The van der Waals surface area contributed by atoms with Crippen LogP contribution in [0.25, 0.3) is 10.1 Å². The summed E-state index contributed by atoms with van der Waals surface area (Å²) in [5, 5.41) is 8.79. The molecule has 2 heterocycles. The summed E-state index contributed by atoms with van der Waals surface area (Å²) in [6, 6.07) is 5.10. The fourth-order valence-corrected chi connectivity index (χ4v) is 2.81. The quantitative estimate of drug-likeness (QED) is 0.773. The van der Waals surface area contributed by atoms with Gasteiger partial charge in [-0.2, -0.15) is 0 Å². The summed E-state index contributed by atoms with van der Waals surface area (Å²) in [6.45, 7) is 0. The maximum absolute atomic E-state index is 10.7. The van der Waals surface area contributed by atoms with Crippen molar-refractivity contribution in [1.29, 1.82) is 0 Å². The Morgan fingerprint density at radius 1 is 1.40 bits per heavy atom. The molecule has 5 nitrogen and oxygen atoms in total. The molecule has 0 spiro atoms. The number of nitrogens with two attached hydrogens (primary N) is 1. The summed E-state index contributed by atoms with van der Waals surface area (Å²) >= 11 is -0.202. The van der Waals surface area contributed by atoms with Crippen LogP contribution in [0.4, 0.5) is 5.95 Å². The zero-order valence-corrected chi connectivity index (χ0v) is 9.26. The number of carboxylic acid groups (broad SMARTS) is 1. The Bertz CT molecular complexity index is 510. The molecule has 0 atom stereocenters. The third-order valence-corrected chi connectivity index (χ3v) is 4.04.